The van der Waals surface area contributed by atoms with Gasteiger partial charge in [-0.05, 0) is 26.0 Å². The number of ether oxygens (including phenoxy) is 2. The Morgan fingerprint density at radius 2 is 2.33 bits per heavy atom. The van der Waals surface area contributed by atoms with Crippen LogP contribution in [0.5, 0.6) is 11.5 Å². The van der Waals surface area contributed by atoms with Crippen LogP contribution in [0.3, 0.4) is 0 Å². The van der Waals surface area contributed by atoms with Gasteiger partial charge >= 0.3 is 5.97 Å². The molecule has 1 heterocycles. The Labute approximate surface area is 106 Å². The van der Waals surface area contributed by atoms with E-state index >= 15 is 0 Å². The maximum atomic E-state index is 11.0. The molecule has 18 heavy (non-hydrogen) atoms. The van der Waals surface area contributed by atoms with E-state index in [1.807, 2.05) is 6.07 Å². The Morgan fingerprint density at radius 3 is 3.00 bits per heavy atom. The summed E-state index contributed by atoms with van der Waals surface area (Å²) in [6.45, 7) is 3.82. The van der Waals surface area contributed by atoms with Crippen molar-refractivity contribution in [2.45, 2.75) is 19.9 Å². The van der Waals surface area contributed by atoms with Crippen molar-refractivity contribution in [2.75, 3.05) is 13.2 Å². The molecule has 0 bridgehead atoms. The molecule has 3 N–H and O–H groups in total. The lowest BCUT2D eigenvalue weighted by Crippen LogP contribution is -2.30. The van der Waals surface area contributed by atoms with E-state index < -0.39 is 11.4 Å². The van der Waals surface area contributed by atoms with Crippen LogP contribution in [-0.2, 0) is 4.79 Å². The number of hydrogen-bond donors (Lipinski definition) is 2. The molecule has 2 rings (SSSR count). The van der Waals surface area contributed by atoms with E-state index in [1.165, 1.54) is 0 Å². The quantitative estimate of drug-likeness (QED) is 0.848. The van der Waals surface area contributed by atoms with Crippen molar-refractivity contribution in [1.29, 1.82) is 0 Å². The molecule has 0 radical (unpaired) electrons. The number of hydrogen-bond acceptors (Lipinski definition) is 4. The van der Waals surface area contributed by atoms with Gasteiger partial charge in [-0.1, -0.05) is 0 Å². The highest BCUT2D eigenvalue weighted by Gasteiger charge is 2.28. The second kappa shape index (κ2) is 4.49. The van der Waals surface area contributed by atoms with Crippen LogP contribution in [0.25, 0.3) is 0 Å². The van der Waals surface area contributed by atoms with E-state index in [0.717, 1.165) is 5.56 Å². The van der Waals surface area contributed by atoms with Crippen molar-refractivity contribution in [1.82, 2.24) is 0 Å². The van der Waals surface area contributed by atoms with Crippen LogP contribution in [-0.4, -0.2) is 24.3 Å². The number of benzene rings is 1. The fourth-order valence-corrected chi connectivity index (χ4v) is 1.63. The SMILES string of the molecule is CC(C)(COc1ccc2c(c1)OCC2N)C(=O)O. The fraction of sp³-hybridized carbons (Fsp3) is 0.462. The molecule has 0 aliphatic carbocycles. The van der Waals surface area contributed by atoms with Crippen LogP contribution < -0.4 is 15.2 Å². The summed E-state index contributed by atoms with van der Waals surface area (Å²) in [5, 5.41) is 8.99. The van der Waals surface area contributed by atoms with Gasteiger partial charge in [0.2, 0.25) is 0 Å². The van der Waals surface area contributed by atoms with Crippen LogP contribution in [0.4, 0.5) is 0 Å². The van der Waals surface area contributed by atoms with Crippen LogP contribution >= 0.6 is 0 Å². The second-order valence-electron chi connectivity index (χ2n) is 5.09. The first-order valence-electron chi connectivity index (χ1n) is 5.79. The van der Waals surface area contributed by atoms with Gasteiger partial charge in [-0.2, -0.15) is 0 Å². The Balaban J connectivity index is 2.06. The van der Waals surface area contributed by atoms with Gasteiger partial charge in [0.15, 0.2) is 0 Å². The molecular formula is C13H17NO4. The lowest BCUT2D eigenvalue weighted by atomic mass is 9.95. The first-order valence-corrected chi connectivity index (χ1v) is 5.79. The van der Waals surface area contributed by atoms with Crippen LogP contribution in [0.15, 0.2) is 18.2 Å². The predicted molar refractivity (Wildman–Crippen MR) is 65.8 cm³/mol. The molecule has 0 saturated carbocycles. The number of aliphatic carboxylic acids is 1. The average Bonchev–Trinajstić information content (AvgIpc) is 2.68. The maximum Gasteiger partial charge on any atom is 0.312 e. The minimum Gasteiger partial charge on any atom is -0.492 e. The van der Waals surface area contributed by atoms with E-state index in [-0.39, 0.29) is 12.6 Å². The molecule has 5 heteroatoms. The summed E-state index contributed by atoms with van der Waals surface area (Å²) in [5.41, 5.74) is 5.87. The van der Waals surface area contributed by atoms with Gasteiger partial charge in [-0.15, -0.1) is 0 Å². The molecule has 98 valence electrons. The van der Waals surface area contributed by atoms with Gasteiger partial charge in [-0.3, -0.25) is 4.79 Å². The van der Waals surface area contributed by atoms with Gasteiger partial charge in [0, 0.05) is 11.6 Å². The Hall–Kier alpha value is -1.75. The highest BCUT2D eigenvalue weighted by Crippen LogP contribution is 2.34. The van der Waals surface area contributed by atoms with Gasteiger partial charge in [0.25, 0.3) is 0 Å². The molecule has 0 saturated heterocycles. The number of fused-ring (bicyclic) bond motifs is 1. The summed E-state index contributed by atoms with van der Waals surface area (Å²) >= 11 is 0. The Kier molecular flexibility index (Phi) is 3.17. The lowest BCUT2D eigenvalue weighted by molar-refractivity contribution is -0.148. The lowest BCUT2D eigenvalue weighted by Gasteiger charge is -2.19. The Bertz CT molecular complexity index is 470. The van der Waals surface area contributed by atoms with Gasteiger partial charge in [0.05, 0.1) is 11.5 Å². The molecule has 1 aromatic rings. The van der Waals surface area contributed by atoms with Gasteiger partial charge in [-0.25, -0.2) is 0 Å². The van der Waals surface area contributed by atoms with E-state index in [0.29, 0.717) is 18.1 Å². The third-order valence-electron chi connectivity index (χ3n) is 2.98. The maximum absolute atomic E-state index is 11.0. The molecular weight excluding hydrogens is 234 g/mol. The predicted octanol–water partition coefficient (Wildman–Crippen LogP) is 1.57. The van der Waals surface area contributed by atoms with Crippen LogP contribution in [0.1, 0.15) is 25.5 Å². The number of rotatable bonds is 4. The standard InChI is InChI=1S/C13H17NO4/c1-13(2,12(15)16)7-18-8-3-4-9-10(14)6-17-11(9)5-8/h3-5,10H,6-7,14H2,1-2H3,(H,15,16). The highest BCUT2D eigenvalue weighted by atomic mass is 16.5. The van der Waals surface area contributed by atoms with Crippen molar-refractivity contribution in [3.05, 3.63) is 23.8 Å². The monoisotopic (exact) mass is 251 g/mol. The van der Waals surface area contributed by atoms with Crippen molar-refractivity contribution in [2.24, 2.45) is 11.1 Å². The summed E-state index contributed by atoms with van der Waals surface area (Å²) < 4.78 is 10.9. The molecule has 0 spiro atoms. The zero-order chi connectivity index (χ0) is 13.3. The van der Waals surface area contributed by atoms with E-state index in [1.54, 1.807) is 26.0 Å². The van der Waals surface area contributed by atoms with Crippen molar-refractivity contribution < 1.29 is 19.4 Å². The first kappa shape index (κ1) is 12.7. The van der Waals surface area contributed by atoms with E-state index in [2.05, 4.69) is 0 Å². The first-order chi connectivity index (χ1) is 8.40. The smallest absolute Gasteiger partial charge is 0.312 e. The molecule has 1 aliphatic heterocycles. The molecule has 1 unspecified atom stereocenters. The normalized spacial score (nSPS) is 18.1. The minimum atomic E-state index is -0.920. The van der Waals surface area contributed by atoms with Crippen molar-refractivity contribution in [3.8, 4) is 11.5 Å². The topological polar surface area (TPSA) is 81.8 Å². The molecule has 1 aromatic carbocycles. The fourth-order valence-electron chi connectivity index (χ4n) is 1.63. The summed E-state index contributed by atoms with van der Waals surface area (Å²) in [6, 6.07) is 5.30. The van der Waals surface area contributed by atoms with E-state index in [4.69, 9.17) is 20.3 Å². The third-order valence-corrected chi connectivity index (χ3v) is 2.98. The molecule has 0 amide bonds. The molecule has 0 fully saturated rings. The highest BCUT2D eigenvalue weighted by molar-refractivity contribution is 5.73. The summed E-state index contributed by atoms with van der Waals surface area (Å²) in [6.07, 6.45) is 0. The van der Waals surface area contributed by atoms with Gasteiger partial charge < -0.3 is 20.3 Å². The average molecular weight is 251 g/mol. The number of carbonyl (C=O) groups is 1. The zero-order valence-corrected chi connectivity index (χ0v) is 10.5. The van der Waals surface area contributed by atoms with Crippen molar-refractivity contribution in [3.63, 3.8) is 0 Å². The minimum absolute atomic E-state index is 0.0930. The summed E-state index contributed by atoms with van der Waals surface area (Å²) in [4.78, 5) is 11.0. The third kappa shape index (κ3) is 2.41. The number of carboxylic acid groups (broad SMARTS) is 1. The molecule has 0 aromatic heterocycles. The van der Waals surface area contributed by atoms with Crippen LogP contribution in [0, 0.1) is 5.41 Å². The summed E-state index contributed by atoms with van der Waals surface area (Å²) in [7, 11) is 0. The second-order valence-corrected chi connectivity index (χ2v) is 5.09. The molecule has 1 aliphatic rings. The zero-order valence-electron chi connectivity index (χ0n) is 10.5. The largest absolute Gasteiger partial charge is 0.492 e. The molecule has 5 nitrogen and oxygen atoms in total. The molecule has 1 atom stereocenters. The van der Waals surface area contributed by atoms with Gasteiger partial charge in [0.1, 0.15) is 24.7 Å². The van der Waals surface area contributed by atoms with Crippen molar-refractivity contribution >= 4 is 5.97 Å². The number of carboxylic acids is 1. The number of nitrogens with two attached hydrogens (primary N) is 1. The van der Waals surface area contributed by atoms with Crippen LogP contribution in [0.2, 0.25) is 0 Å². The van der Waals surface area contributed by atoms with E-state index in [9.17, 15) is 4.79 Å². The Morgan fingerprint density at radius 1 is 1.61 bits per heavy atom. The summed E-state index contributed by atoms with van der Waals surface area (Å²) in [5.74, 6) is 0.423.